The van der Waals surface area contributed by atoms with Gasteiger partial charge in [0.25, 0.3) is 0 Å². The molecule has 0 unspecified atom stereocenters. The second-order valence-electron chi connectivity index (χ2n) is 16.1. The van der Waals surface area contributed by atoms with E-state index < -0.39 is 12.0 Å². The highest BCUT2D eigenvalue weighted by Gasteiger charge is 2.51. The number of nitrogen functional groups attached to an aromatic ring is 1. The molecule has 3 aromatic carbocycles. The molecule has 3 aliphatic heterocycles. The number of methoxy groups -OCH3 is 1. The Labute approximate surface area is 332 Å². The van der Waals surface area contributed by atoms with Crippen molar-refractivity contribution in [3.8, 4) is 51.7 Å². The molecule has 0 radical (unpaired) electrons. The van der Waals surface area contributed by atoms with Crippen molar-refractivity contribution in [1.29, 1.82) is 0 Å². The number of rotatable bonds is 6. The van der Waals surface area contributed by atoms with E-state index in [2.05, 4.69) is 46.7 Å². The van der Waals surface area contributed by atoms with Crippen molar-refractivity contribution >= 4 is 17.9 Å². The molecule has 4 aromatic rings. The zero-order valence-corrected chi connectivity index (χ0v) is 32.7. The third kappa shape index (κ3) is 6.22. The summed E-state index contributed by atoms with van der Waals surface area (Å²) in [6, 6.07) is 13.3. The first-order chi connectivity index (χ1) is 27.6. The van der Waals surface area contributed by atoms with Crippen molar-refractivity contribution in [2.75, 3.05) is 40.1 Å². The summed E-state index contributed by atoms with van der Waals surface area (Å²) in [6.07, 6.45) is 7.61. The number of phenols is 2. The number of ether oxygens (including phenoxy) is 4. The topological polar surface area (TPSA) is 157 Å². The lowest BCUT2D eigenvalue weighted by Crippen LogP contribution is -2.44. The van der Waals surface area contributed by atoms with Crippen LogP contribution in [0.25, 0.3) is 17.2 Å². The average molecular weight is 769 g/mol. The van der Waals surface area contributed by atoms with Gasteiger partial charge in [0.15, 0.2) is 11.5 Å². The molecule has 0 saturated heterocycles. The minimum Gasteiger partial charge on any atom is -0.508 e. The summed E-state index contributed by atoms with van der Waals surface area (Å²) < 4.78 is 25.9. The third-order valence-corrected chi connectivity index (χ3v) is 12.7. The first kappa shape index (κ1) is 36.9. The van der Waals surface area contributed by atoms with Gasteiger partial charge in [0.05, 0.1) is 19.1 Å². The first-order valence-corrected chi connectivity index (χ1v) is 19.8. The molecule has 11 nitrogen and oxygen atoms in total. The molecule has 4 heterocycles. The van der Waals surface area contributed by atoms with Crippen LogP contribution in [0.2, 0.25) is 0 Å². The number of likely N-dealkylation sites (N-methyl/N-ethyl adjacent to an activating group) is 2. The van der Waals surface area contributed by atoms with Gasteiger partial charge in [-0.2, -0.15) is 0 Å². The number of nitrogens with zero attached hydrogens (tertiary/aromatic N) is 1. The van der Waals surface area contributed by atoms with Crippen LogP contribution in [0, 0.1) is 17.8 Å². The number of nitrogens with two attached hydrogens (primary N) is 1. The predicted molar refractivity (Wildman–Crippen MR) is 217 cm³/mol. The molecule has 2 aliphatic carbocycles. The van der Waals surface area contributed by atoms with E-state index in [1.807, 2.05) is 32.3 Å². The molecule has 5 aliphatic rings. The fourth-order valence-electron chi connectivity index (χ4n) is 10.3. The van der Waals surface area contributed by atoms with Crippen LogP contribution in [0.4, 0.5) is 5.82 Å². The number of fused-ring (bicyclic) bond motifs is 9. The molecule has 294 valence electrons. The van der Waals surface area contributed by atoms with Crippen molar-refractivity contribution in [3.05, 3.63) is 93.2 Å². The van der Waals surface area contributed by atoms with Crippen LogP contribution in [0.5, 0.6) is 28.7 Å². The van der Waals surface area contributed by atoms with E-state index in [-0.39, 0.29) is 48.1 Å². The molecule has 6 N–H and O–H groups in total. The van der Waals surface area contributed by atoms with E-state index in [1.165, 1.54) is 6.92 Å². The minimum absolute atomic E-state index is 0.00128. The van der Waals surface area contributed by atoms with E-state index in [0.717, 1.165) is 75.9 Å². The standard InChI is InChI=1S/C46H48N4O7/c1-24(51)55-23-33-30-9-10-31-40-28(17-29(52)19-37(40)54-4)21-46-15-14-25(20-46)16-26-8-13-39(47)50-34(26)7-5-6-27-18-36(53)43-32(41(27)44(33)57-45(30)42(31)46)11-12-35(49-3)38(56-43)22-48-2/h8-13,17-19,25,33,35,38,44,48-49,52-53H,6,14-16,20-23H2,1-4H3,(H2,47,50)/t25-,33-,35-,38+,44-,46+/m0/s1. The molecule has 1 fully saturated rings. The van der Waals surface area contributed by atoms with Gasteiger partial charge in [0, 0.05) is 59.2 Å². The summed E-state index contributed by atoms with van der Waals surface area (Å²) in [5.41, 5.74) is 15.0. The van der Waals surface area contributed by atoms with Crippen molar-refractivity contribution < 1.29 is 34.0 Å². The van der Waals surface area contributed by atoms with Crippen molar-refractivity contribution in [3.63, 3.8) is 0 Å². The maximum atomic E-state index is 12.5. The Morgan fingerprint density at radius 3 is 2.74 bits per heavy atom. The van der Waals surface area contributed by atoms with Crippen LogP contribution >= 0.6 is 0 Å². The zero-order chi connectivity index (χ0) is 39.6. The number of esters is 1. The summed E-state index contributed by atoms with van der Waals surface area (Å²) in [5.74, 6) is 8.61. The van der Waals surface area contributed by atoms with E-state index >= 15 is 0 Å². The maximum Gasteiger partial charge on any atom is 0.302 e. The SMILES string of the molecule is CNC[C@H]1Oc2c(O)cc3c(c2C=C[C@@H]1NC)[C@H]1Oc2c(ccc4c2[C@@]2(CC[C@@H](Cc5ccc(N)nc5C#CC3)C2)Cc2cc(O)cc(OC)c2-4)[C@@H]1COC(C)=O. The van der Waals surface area contributed by atoms with Crippen LogP contribution in [0.15, 0.2) is 48.5 Å². The lowest BCUT2D eigenvalue weighted by molar-refractivity contribution is -0.141. The number of aromatic nitrogens is 1. The van der Waals surface area contributed by atoms with Gasteiger partial charge in [-0.1, -0.05) is 36.3 Å². The Balaban J connectivity index is 1.33. The van der Waals surface area contributed by atoms with Gasteiger partial charge in [0.1, 0.15) is 47.6 Å². The fourth-order valence-corrected chi connectivity index (χ4v) is 10.3. The highest BCUT2D eigenvalue weighted by Crippen LogP contribution is 2.63. The lowest BCUT2D eigenvalue weighted by Gasteiger charge is -2.39. The maximum absolute atomic E-state index is 12.5. The summed E-state index contributed by atoms with van der Waals surface area (Å²) in [5, 5.41) is 29.2. The van der Waals surface area contributed by atoms with E-state index in [9.17, 15) is 15.0 Å². The number of aromatic hydroxyl groups is 2. The summed E-state index contributed by atoms with van der Waals surface area (Å²) in [7, 11) is 5.39. The molecule has 0 amide bonds. The Hall–Kier alpha value is -5.70. The van der Waals surface area contributed by atoms with Gasteiger partial charge in [-0.05, 0) is 98.5 Å². The number of phenolic OH excluding ortho intramolecular Hbond substituents is 2. The van der Waals surface area contributed by atoms with Gasteiger partial charge in [-0.15, -0.1) is 0 Å². The Kier molecular flexibility index (Phi) is 9.29. The van der Waals surface area contributed by atoms with E-state index in [0.29, 0.717) is 47.5 Å². The van der Waals surface area contributed by atoms with Gasteiger partial charge in [0.2, 0.25) is 0 Å². The number of carbonyl (C=O) groups excluding carboxylic acids is 1. The van der Waals surface area contributed by atoms with Crippen LogP contribution < -0.4 is 30.6 Å². The number of carbonyl (C=O) groups is 1. The smallest absolute Gasteiger partial charge is 0.302 e. The quantitative estimate of drug-likeness (QED) is 0.118. The molecule has 4 bridgehead atoms. The zero-order valence-electron chi connectivity index (χ0n) is 32.7. The Morgan fingerprint density at radius 2 is 1.95 bits per heavy atom. The van der Waals surface area contributed by atoms with Gasteiger partial charge >= 0.3 is 5.97 Å². The van der Waals surface area contributed by atoms with Crippen molar-refractivity contribution in [2.45, 2.75) is 75.0 Å². The molecule has 1 spiro atoms. The highest BCUT2D eigenvalue weighted by atomic mass is 16.5. The largest absolute Gasteiger partial charge is 0.508 e. The molecular weight excluding hydrogens is 721 g/mol. The van der Waals surface area contributed by atoms with Gasteiger partial charge in [-0.3, -0.25) is 4.79 Å². The van der Waals surface area contributed by atoms with Crippen LogP contribution in [0.3, 0.4) is 0 Å². The second kappa shape index (κ2) is 14.4. The van der Waals surface area contributed by atoms with Gasteiger partial charge in [-0.25, -0.2) is 4.98 Å². The molecule has 9 rings (SSSR count). The van der Waals surface area contributed by atoms with Crippen LogP contribution in [-0.4, -0.2) is 67.7 Å². The summed E-state index contributed by atoms with van der Waals surface area (Å²) in [4.78, 5) is 17.2. The van der Waals surface area contributed by atoms with Crippen molar-refractivity contribution in [1.82, 2.24) is 15.6 Å². The highest BCUT2D eigenvalue weighted by molar-refractivity contribution is 5.84. The number of hydrogen-bond acceptors (Lipinski definition) is 11. The molecule has 57 heavy (non-hydrogen) atoms. The molecule has 1 saturated carbocycles. The Bertz CT molecular complexity index is 2400. The normalized spacial score (nSPS) is 24.7. The summed E-state index contributed by atoms with van der Waals surface area (Å²) in [6.45, 7) is 2.04. The lowest BCUT2D eigenvalue weighted by atomic mass is 9.65. The third-order valence-electron chi connectivity index (χ3n) is 12.7. The molecule has 6 atom stereocenters. The monoisotopic (exact) mass is 768 g/mol. The first-order valence-electron chi connectivity index (χ1n) is 19.8. The molecular formula is C46H48N4O7. The molecule has 1 aromatic heterocycles. The predicted octanol–water partition coefficient (Wildman–Crippen LogP) is 5.86. The van der Waals surface area contributed by atoms with E-state index in [4.69, 9.17) is 29.7 Å². The van der Waals surface area contributed by atoms with Gasteiger partial charge < -0.3 is 45.5 Å². The number of benzene rings is 3. The number of hydrogen-bond donors (Lipinski definition) is 5. The van der Waals surface area contributed by atoms with Crippen LogP contribution in [0.1, 0.15) is 82.8 Å². The Morgan fingerprint density at radius 1 is 1.09 bits per heavy atom. The van der Waals surface area contributed by atoms with Crippen LogP contribution in [-0.2, 0) is 34.2 Å². The number of pyridine rings is 1. The minimum atomic E-state index is -0.636. The second-order valence-corrected chi connectivity index (χ2v) is 16.1. The average Bonchev–Trinajstić information content (AvgIpc) is 3.69. The van der Waals surface area contributed by atoms with Crippen molar-refractivity contribution in [2.24, 2.45) is 5.92 Å². The fraction of sp³-hybridized carbons (Fsp3) is 0.391. The number of anilines is 1. The number of nitrogens with one attached hydrogen (secondary N) is 2. The summed E-state index contributed by atoms with van der Waals surface area (Å²) >= 11 is 0. The molecule has 11 heteroatoms. The van der Waals surface area contributed by atoms with E-state index in [1.54, 1.807) is 19.2 Å².